The Hall–Kier alpha value is -4.83. The smallest absolute Gasteiger partial charge is 0.416 e. The molecule has 1 fully saturated rings. The second-order valence-corrected chi connectivity index (χ2v) is 13.7. The summed E-state index contributed by atoms with van der Waals surface area (Å²) in [5.74, 6) is 0.203. The van der Waals surface area contributed by atoms with E-state index in [1.807, 2.05) is 11.8 Å². The van der Waals surface area contributed by atoms with E-state index in [1.165, 1.54) is 20.2 Å². The number of carbonyl (C=O) groups excluding carboxylic acids is 2. The van der Waals surface area contributed by atoms with Crippen molar-refractivity contribution in [3.05, 3.63) is 64.6 Å². The molecular formula is C35H41F6N7O4. The summed E-state index contributed by atoms with van der Waals surface area (Å²) in [7, 11) is 1.45. The fourth-order valence-electron chi connectivity index (χ4n) is 6.35. The van der Waals surface area contributed by atoms with Crippen molar-refractivity contribution in [1.29, 1.82) is 0 Å². The molecule has 1 N–H and O–H groups in total. The van der Waals surface area contributed by atoms with Gasteiger partial charge in [-0.2, -0.15) is 26.3 Å². The van der Waals surface area contributed by atoms with Crippen LogP contribution in [0.5, 0.6) is 5.88 Å². The number of pyridine rings is 1. The highest BCUT2D eigenvalue weighted by Gasteiger charge is 2.40. The number of amides is 2. The average Bonchev–Trinajstić information content (AvgIpc) is 3.06. The highest BCUT2D eigenvalue weighted by atomic mass is 19.4. The van der Waals surface area contributed by atoms with Crippen molar-refractivity contribution in [2.24, 2.45) is 0 Å². The maximum Gasteiger partial charge on any atom is 0.416 e. The van der Waals surface area contributed by atoms with Gasteiger partial charge in [0.15, 0.2) is 0 Å². The molecule has 2 amide bonds. The molecule has 0 bridgehead atoms. The molecule has 0 unspecified atom stereocenters. The molecule has 1 saturated heterocycles. The molecule has 0 saturated carbocycles. The van der Waals surface area contributed by atoms with Gasteiger partial charge in [0, 0.05) is 51.6 Å². The molecular weight excluding hydrogens is 696 g/mol. The molecule has 282 valence electrons. The molecule has 2 atom stereocenters. The van der Waals surface area contributed by atoms with E-state index >= 15 is 0 Å². The third-order valence-corrected chi connectivity index (χ3v) is 8.84. The van der Waals surface area contributed by atoms with Gasteiger partial charge in [-0.25, -0.2) is 19.7 Å². The number of rotatable bonds is 7. The molecule has 52 heavy (non-hydrogen) atoms. The van der Waals surface area contributed by atoms with Gasteiger partial charge < -0.3 is 24.6 Å². The lowest BCUT2D eigenvalue weighted by Gasteiger charge is -2.40. The lowest BCUT2D eigenvalue weighted by molar-refractivity contribution is -0.143. The molecule has 0 radical (unpaired) electrons. The number of nitrogens with zero attached hydrogens (tertiary/aromatic N) is 6. The fraction of sp³-hybridized carbons (Fsp3) is 0.514. The van der Waals surface area contributed by atoms with Gasteiger partial charge in [0.25, 0.3) is 0 Å². The van der Waals surface area contributed by atoms with Crippen molar-refractivity contribution < 1.29 is 45.4 Å². The van der Waals surface area contributed by atoms with E-state index in [9.17, 15) is 35.9 Å². The molecule has 0 spiro atoms. The Bertz CT molecular complexity index is 1760. The minimum Gasteiger partial charge on any atom is -0.481 e. The maximum absolute atomic E-state index is 13.8. The zero-order valence-corrected chi connectivity index (χ0v) is 29.7. The van der Waals surface area contributed by atoms with Crippen LogP contribution in [0.2, 0.25) is 0 Å². The second-order valence-electron chi connectivity index (χ2n) is 13.7. The van der Waals surface area contributed by atoms with Crippen molar-refractivity contribution >= 4 is 29.3 Å². The van der Waals surface area contributed by atoms with Crippen molar-refractivity contribution in [2.75, 3.05) is 48.4 Å². The Morgan fingerprint density at radius 3 is 2.10 bits per heavy atom. The standard InChI is InChI=1S/C35H41F6N7O4/c1-7-24-18-26(30-27(8-9-29(45-30)51-6)48(24)32(50)52-33(3,4)5)44-31-42-19-28(47-12-10-46(11-13-47)20(2)49)25(43-31)16-21-14-22(34(36,37)38)17-23(15-21)35(39,40)41/h8-9,14-15,17,19,24,26H,7,10-13,16,18H2,1-6H3,(H,42,43,44)/t24-,26+/m1/s1. The Morgan fingerprint density at radius 1 is 0.923 bits per heavy atom. The van der Waals surface area contributed by atoms with Crippen LogP contribution in [0.4, 0.5) is 48.5 Å². The third kappa shape index (κ3) is 8.78. The summed E-state index contributed by atoms with van der Waals surface area (Å²) in [6.07, 6.45) is -8.64. The van der Waals surface area contributed by atoms with Gasteiger partial charge in [-0.15, -0.1) is 0 Å². The predicted octanol–water partition coefficient (Wildman–Crippen LogP) is 7.25. The minimum absolute atomic E-state index is 0.0466. The van der Waals surface area contributed by atoms with E-state index < -0.39 is 41.2 Å². The molecule has 2 aliphatic rings. The van der Waals surface area contributed by atoms with Gasteiger partial charge >= 0.3 is 18.4 Å². The molecule has 11 nitrogen and oxygen atoms in total. The van der Waals surface area contributed by atoms with Crippen LogP contribution in [0.15, 0.2) is 36.5 Å². The number of fused-ring (bicyclic) bond motifs is 1. The molecule has 3 aromatic rings. The van der Waals surface area contributed by atoms with Gasteiger partial charge in [-0.1, -0.05) is 6.92 Å². The number of benzene rings is 1. The summed E-state index contributed by atoms with van der Waals surface area (Å²) in [4.78, 5) is 44.2. The van der Waals surface area contributed by atoms with Crippen LogP contribution >= 0.6 is 0 Å². The van der Waals surface area contributed by atoms with Crippen molar-refractivity contribution in [3.63, 3.8) is 0 Å². The van der Waals surface area contributed by atoms with E-state index in [1.54, 1.807) is 42.7 Å². The summed E-state index contributed by atoms with van der Waals surface area (Å²) in [6, 6.07) is 3.84. The first-order chi connectivity index (χ1) is 24.3. The molecule has 2 aliphatic heterocycles. The summed E-state index contributed by atoms with van der Waals surface area (Å²) in [5.41, 5.74) is -2.39. The average molecular weight is 738 g/mol. The van der Waals surface area contributed by atoms with Crippen LogP contribution < -0.4 is 19.9 Å². The molecule has 0 aliphatic carbocycles. The van der Waals surface area contributed by atoms with Crippen LogP contribution in [0, 0.1) is 0 Å². The number of hydrogen-bond acceptors (Lipinski definition) is 9. The van der Waals surface area contributed by atoms with Crippen molar-refractivity contribution in [2.45, 2.75) is 83.9 Å². The Balaban J connectivity index is 1.56. The molecule has 2 aromatic heterocycles. The number of halogens is 6. The highest BCUT2D eigenvalue weighted by molar-refractivity contribution is 5.90. The van der Waals surface area contributed by atoms with E-state index in [0.29, 0.717) is 68.2 Å². The predicted molar refractivity (Wildman–Crippen MR) is 180 cm³/mol. The number of aromatic nitrogens is 3. The number of anilines is 3. The monoisotopic (exact) mass is 737 g/mol. The zero-order chi connectivity index (χ0) is 38.2. The van der Waals surface area contributed by atoms with E-state index in [4.69, 9.17) is 9.47 Å². The SMILES string of the molecule is CC[C@@H]1C[C@H](Nc2ncc(N3CCN(C(C)=O)CC3)c(Cc3cc(C(F)(F)F)cc(C(F)(F)F)c3)n2)c2nc(OC)ccc2N1C(=O)OC(C)(C)C. The van der Waals surface area contributed by atoms with Crippen LogP contribution in [0.25, 0.3) is 0 Å². The third-order valence-electron chi connectivity index (χ3n) is 8.84. The van der Waals surface area contributed by atoms with E-state index in [-0.39, 0.29) is 47.5 Å². The van der Waals surface area contributed by atoms with Gasteiger partial charge in [0.1, 0.15) is 5.60 Å². The van der Waals surface area contributed by atoms with Crippen LogP contribution in [-0.4, -0.2) is 76.8 Å². The quantitative estimate of drug-likeness (QED) is 0.251. The molecule has 1 aromatic carbocycles. The molecule has 17 heteroatoms. The zero-order valence-electron chi connectivity index (χ0n) is 29.7. The fourth-order valence-corrected chi connectivity index (χ4v) is 6.35. The first-order valence-corrected chi connectivity index (χ1v) is 16.8. The Kier molecular flexibility index (Phi) is 10.8. The largest absolute Gasteiger partial charge is 0.481 e. The lowest BCUT2D eigenvalue weighted by atomic mass is 9.93. The number of carbonyl (C=O) groups is 2. The van der Waals surface area contributed by atoms with Crippen LogP contribution in [0.1, 0.15) is 81.6 Å². The second kappa shape index (κ2) is 14.7. The summed E-state index contributed by atoms with van der Waals surface area (Å²) in [6.45, 7) is 10.1. The van der Waals surface area contributed by atoms with Gasteiger partial charge in [0.2, 0.25) is 17.7 Å². The number of alkyl halides is 6. The number of methoxy groups -OCH3 is 1. The topological polar surface area (TPSA) is 113 Å². The molecule has 5 rings (SSSR count). The first-order valence-electron chi connectivity index (χ1n) is 16.8. The van der Waals surface area contributed by atoms with Crippen LogP contribution in [-0.2, 0) is 28.3 Å². The summed E-state index contributed by atoms with van der Waals surface area (Å²) in [5, 5.41) is 3.26. The first kappa shape index (κ1) is 38.4. The number of nitrogens with one attached hydrogen (secondary N) is 1. The Labute approximate surface area is 297 Å². The van der Waals surface area contributed by atoms with Gasteiger partial charge in [-0.05, 0) is 63.4 Å². The Morgan fingerprint density at radius 2 is 1.56 bits per heavy atom. The van der Waals surface area contributed by atoms with Crippen LogP contribution in [0.3, 0.4) is 0 Å². The normalized spacial score (nSPS) is 18.2. The summed E-state index contributed by atoms with van der Waals surface area (Å²) >= 11 is 0. The number of piperazine rings is 1. The minimum atomic E-state index is -5.02. The van der Waals surface area contributed by atoms with Gasteiger partial charge in [-0.3, -0.25) is 9.69 Å². The van der Waals surface area contributed by atoms with Crippen molar-refractivity contribution in [1.82, 2.24) is 19.9 Å². The molecule has 4 heterocycles. The maximum atomic E-state index is 13.8. The number of ether oxygens (including phenoxy) is 2. The summed E-state index contributed by atoms with van der Waals surface area (Å²) < 4.78 is 93.7. The highest BCUT2D eigenvalue weighted by Crippen LogP contribution is 2.41. The van der Waals surface area contributed by atoms with Gasteiger partial charge in [0.05, 0.1) is 53.2 Å². The van der Waals surface area contributed by atoms with E-state index in [2.05, 4.69) is 20.3 Å². The van der Waals surface area contributed by atoms with E-state index in [0.717, 1.165) is 0 Å². The number of hydrogen-bond donors (Lipinski definition) is 1. The lowest BCUT2D eigenvalue weighted by Crippen LogP contribution is -2.48. The van der Waals surface area contributed by atoms with Crippen molar-refractivity contribution in [3.8, 4) is 5.88 Å².